The van der Waals surface area contributed by atoms with E-state index in [2.05, 4.69) is 10.2 Å². The fraction of sp³-hybridized carbons (Fsp3) is 0.250. The number of amides is 1. The van der Waals surface area contributed by atoms with Crippen LogP contribution in [0.4, 0.5) is 4.39 Å². The van der Waals surface area contributed by atoms with Crippen LogP contribution in [-0.4, -0.2) is 34.1 Å². The van der Waals surface area contributed by atoms with Crippen LogP contribution in [0.2, 0.25) is 0 Å². The first kappa shape index (κ1) is 17.7. The summed E-state index contributed by atoms with van der Waals surface area (Å²) in [6.07, 6.45) is 2.07. The smallest absolute Gasteiger partial charge is 0.277 e. The molecule has 138 valence electrons. The van der Waals surface area contributed by atoms with E-state index in [1.807, 2.05) is 35.2 Å². The summed E-state index contributed by atoms with van der Waals surface area (Å²) in [6, 6.07) is 15.5. The third-order valence-electron chi connectivity index (χ3n) is 4.46. The maximum absolute atomic E-state index is 13.1. The SMILES string of the molecule is O=C(C(Sc1nnc(-c2ccc(F)cc2)o1)c1ccccc1)N1CCCC1. The Bertz CT molecular complexity index is 908. The van der Waals surface area contributed by atoms with E-state index in [9.17, 15) is 9.18 Å². The van der Waals surface area contributed by atoms with E-state index in [0.29, 0.717) is 16.7 Å². The molecule has 1 aromatic heterocycles. The summed E-state index contributed by atoms with van der Waals surface area (Å²) in [5.74, 6) is 0.0383. The molecule has 1 fully saturated rings. The molecule has 0 spiro atoms. The molecule has 0 radical (unpaired) electrons. The minimum Gasteiger partial charge on any atom is -0.411 e. The number of likely N-dealkylation sites (tertiary alicyclic amines) is 1. The maximum atomic E-state index is 13.1. The van der Waals surface area contributed by atoms with Gasteiger partial charge in [0.2, 0.25) is 11.8 Å². The average Bonchev–Trinajstić information content (AvgIpc) is 3.39. The van der Waals surface area contributed by atoms with Crippen molar-refractivity contribution in [3.8, 4) is 11.5 Å². The molecule has 0 aliphatic carbocycles. The lowest BCUT2D eigenvalue weighted by atomic mass is 10.1. The van der Waals surface area contributed by atoms with Crippen LogP contribution < -0.4 is 0 Å². The highest BCUT2D eigenvalue weighted by Gasteiger charge is 2.30. The molecule has 7 heteroatoms. The molecule has 2 heterocycles. The van der Waals surface area contributed by atoms with Crippen molar-refractivity contribution < 1.29 is 13.6 Å². The summed E-state index contributed by atoms with van der Waals surface area (Å²) in [7, 11) is 0. The fourth-order valence-electron chi connectivity index (χ4n) is 3.06. The van der Waals surface area contributed by atoms with Gasteiger partial charge in [-0.1, -0.05) is 30.3 Å². The zero-order valence-electron chi connectivity index (χ0n) is 14.5. The molecule has 5 nitrogen and oxygen atoms in total. The van der Waals surface area contributed by atoms with E-state index in [-0.39, 0.29) is 11.7 Å². The number of carbonyl (C=O) groups is 1. The minimum absolute atomic E-state index is 0.0604. The molecule has 0 bridgehead atoms. The standard InChI is InChI=1S/C20H18FN3O2S/c21-16-10-8-15(9-11-16)18-22-23-20(26-18)27-17(14-6-2-1-3-7-14)19(25)24-12-4-5-13-24/h1-3,6-11,17H,4-5,12-13H2. The predicted octanol–water partition coefficient (Wildman–Crippen LogP) is 4.33. The number of hydrogen-bond acceptors (Lipinski definition) is 5. The zero-order chi connectivity index (χ0) is 18.6. The van der Waals surface area contributed by atoms with Crippen molar-refractivity contribution in [2.75, 3.05) is 13.1 Å². The number of rotatable bonds is 5. The number of aromatic nitrogens is 2. The Balaban J connectivity index is 1.58. The van der Waals surface area contributed by atoms with Crippen LogP contribution in [0.3, 0.4) is 0 Å². The molecule has 1 aliphatic heterocycles. The maximum Gasteiger partial charge on any atom is 0.277 e. The number of carbonyl (C=O) groups excluding carboxylic acids is 1. The van der Waals surface area contributed by atoms with Crippen LogP contribution in [0.5, 0.6) is 0 Å². The summed E-state index contributed by atoms with van der Waals surface area (Å²) >= 11 is 1.25. The van der Waals surface area contributed by atoms with E-state index in [0.717, 1.165) is 31.5 Å². The van der Waals surface area contributed by atoms with Gasteiger partial charge in [-0.25, -0.2) is 4.39 Å². The number of hydrogen-bond donors (Lipinski definition) is 0. The van der Waals surface area contributed by atoms with E-state index < -0.39 is 5.25 Å². The summed E-state index contributed by atoms with van der Waals surface area (Å²) in [5.41, 5.74) is 1.54. The normalized spacial score (nSPS) is 15.1. The third-order valence-corrected chi connectivity index (χ3v) is 5.54. The summed E-state index contributed by atoms with van der Waals surface area (Å²) < 4.78 is 18.8. The topological polar surface area (TPSA) is 59.2 Å². The van der Waals surface area contributed by atoms with Crippen molar-refractivity contribution in [3.63, 3.8) is 0 Å². The molecule has 0 N–H and O–H groups in total. The largest absolute Gasteiger partial charge is 0.411 e. The van der Waals surface area contributed by atoms with Gasteiger partial charge in [-0.15, -0.1) is 10.2 Å². The predicted molar refractivity (Wildman–Crippen MR) is 101 cm³/mol. The molecule has 1 amide bonds. The molecule has 1 aliphatic rings. The number of halogens is 1. The Morgan fingerprint density at radius 1 is 1.04 bits per heavy atom. The Hall–Kier alpha value is -2.67. The highest BCUT2D eigenvalue weighted by Crippen LogP contribution is 2.37. The number of benzene rings is 2. The van der Waals surface area contributed by atoms with Crippen LogP contribution in [0.1, 0.15) is 23.7 Å². The third kappa shape index (κ3) is 4.03. The highest BCUT2D eigenvalue weighted by atomic mass is 32.2. The van der Waals surface area contributed by atoms with Gasteiger partial charge < -0.3 is 9.32 Å². The van der Waals surface area contributed by atoms with Crippen LogP contribution >= 0.6 is 11.8 Å². The summed E-state index contributed by atoms with van der Waals surface area (Å²) in [6.45, 7) is 1.57. The first-order valence-corrected chi connectivity index (χ1v) is 9.68. The zero-order valence-corrected chi connectivity index (χ0v) is 15.4. The Morgan fingerprint density at radius 2 is 1.74 bits per heavy atom. The minimum atomic E-state index is -0.439. The number of nitrogens with zero attached hydrogens (tertiary/aromatic N) is 3. The van der Waals surface area contributed by atoms with E-state index in [1.54, 1.807) is 12.1 Å². The quantitative estimate of drug-likeness (QED) is 0.614. The van der Waals surface area contributed by atoms with Crippen molar-refractivity contribution in [2.45, 2.75) is 23.3 Å². The number of thioether (sulfide) groups is 1. The molecular formula is C20H18FN3O2S. The molecule has 0 saturated carbocycles. The van der Waals surface area contributed by atoms with Gasteiger partial charge >= 0.3 is 0 Å². The lowest BCUT2D eigenvalue weighted by Crippen LogP contribution is -2.31. The molecule has 1 atom stereocenters. The first-order chi connectivity index (χ1) is 13.2. The highest BCUT2D eigenvalue weighted by molar-refractivity contribution is 8.00. The van der Waals surface area contributed by atoms with Crippen molar-refractivity contribution in [3.05, 3.63) is 66.0 Å². The summed E-state index contributed by atoms with van der Waals surface area (Å²) in [4.78, 5) is 14.9. The molecule has 4 rings (SSSR count). The van der Waals surface area contributed by atoms with Gasteiger partial charge in [0.1, 0.15) is 11.1 Å². The van der Waals surface area contributed by atoms with E-state index in [4.69, 9.17) is 4.42 Å². The van der Waals surface area contributed by atoms with Crippen LogP contribution in [0, 0.1) is 5.82 Å². The van der Waals surface area contributed by atoms with E-state index >= 15 is 0 Å². The van der Waals surface area contributed by atoms with Gasteiger partial charge in [0, 0.05) is 18.7 Å². The van der Waals surface area contributed by atoms with Crippen LogP contribution in [0.15, 0.2) is 64.2 Å². The fourth-order valence-corrected chi connectivity index (χ4v) is 4.02. The first-order valence-electron chi connectivity index (χ1n) is 8.80. The summed E-state index contributed by atoms with van der Waals surface area (Å²) in [5, 5.41) is 7.98. The van der Waals surface area contributed by atoms with Gasteiger partial charge in [-0.2, -0.15) is 0 Å². The van der Waals surface area contributed by atoms with Gasteiger partial charge in [0.25, 0.3) is 5.22 Å². The second-order valence-electron chi connectivity index (χ2n) is 6.32. The molecule has 3 aromatic rings. The Morgan fingerprint density at radius 3 is 2.44 bits per heavy atom. The van der Waals surface area contributed by atoms with Gasteiger partial charge in [0.05, 0.1) is 0 Å². The molecule has 1 saturated heterocycles. The molecular weight excluding hydrogens is 365 g/mol. The molecule has 1 unspecified atom stereocenters. The molecule has 2 aromatic carbocycles. The Kier molecular flexibility index (Phi) is 5.20. The average molecular weight is 383 g/mol. The van der Waals surface area contributed by atoms with Gasteiger partial charge in [-0.3, -0.25) is 4.79 Å². The lowest BCUT2D eigenvalue weighted by Gasteiger charge is -2.22. The van der Waals surface area contributed by atoms with Gasteiger partial charge in [0.15, 0.2) is 0 Å². The Labute approximate surface area is 160 Å². The van der Waals surface area contributed by atoms with Crippen molar-refractivity contribution >= 4 is 17.7 Å². The van der Waals surface area contributed by atoms with Crippen molar-refractivity contribution in [2.24, 2.45) is 0 Å². The second-order valence-corrected chi connectivity index (χ2v) is 7.38. The van der Waals surface area contributed by atoms with Gasteiger partial charge in [-0.05, 0) is 54.4 Å². The van der Waals surface area contributed by atoms with Crippen LogP contribution in [0.25, 0.3) is 11.5 Å². The van der Waals surface area contributed by atoms with E-state index in [1.165, 1.54) is 23.9 Å². The van der Waals surface area contributed by atoms with Crippen molar-refractivity contribution in [1.82, 2.24) is 15.1 Å². The molecule has 27 heavy (non-hydrogen) atoms. The van der Waals surface area contributed by atoms with Crippen LogP contribution in [-0.2, 0) is 4.79 Å². The van der Waals surface area contributed by atoms with Crippen molar-refractivity contribution in [1.29, 1.82) is 0 Å². The lowest BCUT2D eigenvalue weighted by molar-refractivity contribution is -0.129. The second kappa shape index (κ2) is 7.92. The monoisotopic (exact) mass is 383 g/mol.